The van der Waals surface area contributed by atoms with Gasteiger partial charge in [0.25, 0.3) is 0 Å². The molecule has 0 unspecified atom stereocenters. The first-order valence-electron chi connectivity index (χ1n) is 33.9. The van der Waals surface area contributed by atoms with Crippen molar-refractivity contribution in [3.63, 3.8) is 0 Å². The van der Waals surface area contributed by atoms with E-state index in [-0.39, 0.29) is 248 Å². The summed E-state index contributed by atoms with van der Waals surface area (Å²) in [5, 5.41) is 22.4. The van der Waals surface area contributed by atoms with Crippen molar-refractivity contribution in [2.24, 2.45) is 0 Å². The molecule has 0 atom stereocenters. The fourth-order valence-corrected chi connectivity index (χ4v) is 13.1. The molecule has 8 rings (SSSR count). The van der Waals surface area contributed by atoms with Crippen LogP contribution < -0.4 is 56.8 Å². The molecule has 0 heterocycles. The van der Waals surface area contributed by atoms with Crippen LogP contribution in [0.2, 0.25) is 0 Å². The summed E-state index contributed by atoms with van der Waals surface area (Å²) in [4.78, 5) is 0. The molecule has 0 aliphatic carbocycles. The van der Waals surface area contributed by atoms with Crippen LogP contribution >= 0.6 is 82.4 Å². The first-order valence-corrected chi connectivity index (χ1v) is 43.5. The lowest BCUT2D eigenvalue weighted by atomic mass is 9.84. The second-order valence-electron chi connectivity index (χ2n) is 21.9. The first-order chi connectivity index (χ1) is 51.7. The Hall–Kier alpha value is -6.73. The monoisotopic (exact) mass is 1880 g/mol. The fraction of sp³-hybridized carbons (Fsp3) is 0.377. The van der Waals surface area contributed by atoms with Crippen LogP contribution in [0.15, 0.2) is 48.5 Å². The Morgan fingerprint density at radius 1 is 0.248 bits per heavy atom. The predicted octanol–water partition coefficient (Wildman–Crippen LogP) is 24.6. The summed E-state index contributed by atoms with van der Waals surface area (Å²) in [5.41, 5.74) is 0.0874. The zero-order valence-electron chi connectivity index (χ0n) is 60.6. The third-order valence-electron chi connectivity index (χ3n) is 15.5. The molecule has 8 aromatic rings. The Labute approximate surface area is 667 Å². The molecule has 32 heteroatoms. The topological polar surface area (TPSA) is 151 Å². The van der Waals surface area contributed by atoms with Crippen LogP contribution in [-0.4, -0.2) is 89.5 Å². The van der Waals surface area contributed by atoms with E-state index >= 15 is 0 Å². The first kappa shape index (κ1) is 92.9. The Kier molecular flexibility index (Phi) is 37.4. The number of benzene rings is 8. The molecule has 109 heavy (non-hydrogen) atoms. The average molecular weight is 1890 g/mol. The number of alkyl halides is 2. The second-order valence-corrected chi connectivity index (χ2v) is 38.3. The minimum absolute atomic E-state index is 0. The molecule has 598 valence electrons. The summed E-state index contributed by atoms with van der Waals surface area (Å²) in [6, 6.07) is 6.23. The number of ether oxygens (including phenoxy) is 12. The molecule has 0 saturated carbocycles. The number of hydrogen-bond donors (Lipinski definition) is 2. The van der Waals surface area contributed by atoms with Crippen LogP contribution in [0.1, 0.15) is 113 Å². The highest BCUT2D eigenvalue weighted by atomic mass is 80.0. The zero-order chi connectivity index (χ0) is 80.1. The minimum Gasteiger partial charge on any atom is -0.489 e. The Morgan fingerprint density at radius 2 is 0.376 bits per heavy atom. The molecule has 2 N–H and O–H groups in total. The van der Waals surface area contributed by atoms with Crippen molar-refractivity contribution < 1.29 is 120 Å². The lowest BCUT2D eigenvalue weighted by Gasteiger charge is -2.30. The Balaban J connectivity index is 0.000000369. The highest BCUT2D eigenvalue weighted by Crippen LogP contribution is 2.64. The highest BCUT2D eigenvalue weighted by Gasteiger charge is 2.40. The van der Waals surface area contributed by atoms with Crippen molar-refractivity contribution in [3.8, 4) is 136 Å². The molecular formula is C77H82Br5F12O14P. The third-order valence-corrected chi connectivity index (χ3v) is 16.6. The molecule has 0 spiro atoms. The van der Waals surface area contributed by atoms with Gasteiger partial charge in [-0.1, -0.05) is 39.3 Å². The smallest absolute Gasteiger partial charge is 0.204 e. The summed E-state index contributed by atoms with van der Waals surface area (Å²) < 4.78 is 250. The van der Waals surface area contributed by atoms with Crippen molar-refractivity contribution in [2.45, 2.75) is 114 Å². The van der Waals surface area contributed by atoms with Gasteiger partial charge in [0.05, 0.1) is 92.5 Å². The van der Waals surface area contributed by atoms with E-state index in [4.69, 9.17) is 56.8 Å². The fourth-order valence-electron chi connectivity index (χ4n) is 11.9. The van der Waals surface area contributed by atoms with E-state index < -0.39 is 83.0 Å². The summed E-state index contributed by atoms with van der Waals surface area (Å²) in [6.45, 7) is 18.9. The zero-order valence-corrected chi connectivity index (χ0v) is 69.4. The standard InChI is InChI=1S/C38H38Br2F6O6.C38H40F6O8.CH4.Br3P/c1-7-47-33-27(19-13-23(41)31(45)24(42)14-19)21(17-39)29(35(49-9-3)37(33)51-11-5)30-22(18-40)28(20-15-25(43)32(46)26(44)16-20)34(48-8-2)38(52-12-6)36(30)50-10-4;1-7-47-33-27(19-13-23(39)31(43)24(40)14-19)21(17-45)29(35(49-9-3)37(33)51-11-5)30-22(18-46)28(20-15-25(41)32(44)26(42)16-20)34(48-8-2)38(52-12-6)36(30)50-10-4;;1-4(2)3/h13-16H,7-12,17-18H2,1-6H3;13-16,45-46H,7-12,17-18H2,1-6H3;1H4;. The third kappa shape index (κ3) is 20.4. The van der Waals surface area contributed by atoms with Gasteiger partial charge in [-0.3, -0.25) is 0 Å². The second kappa shape index (κ2) is 43.9. The lowest BCUT2D eigenvalue weighted by molar-refractivity contribution is 0.252. The molecule has 0 fully saturated rings. The Morgan fingerprint density at radius 3 is 0.514 bits per heavy atom. The van der Waals surface area contributed by atoms with Gasteiger partial charge in [-0.25, -0.2) is 52.7 Å². The normalized spacial score (nSPS) is 10.9. The van der Waals surface area contributed by atoms with Gasteiger partial charge >= 0.3 is 0 Å². The maximum Gasteiger partial charge on any atom is 0.204 e. The number of aliphatic hydroxyl groups is 2. The number of aliphatic hydroxyl groups excluding tert-OH is 2. The van der Waals surface area contributed by atoms with Gasteiger partial charge in [-0.15, -0.1) is 0 Å². The highest BCUT2D eigenvalue weighted by molar-refractivity contribution is 9.93. The van der Waals surface area contributed by atoms with E-state index in [1.807, 2.05) is 0 Å². The van der Waals surface area contributed by atoms with Gasteiger partial charge in [-0.05, 0) is 211 Å². The molecule has 8 aromatic carbocycles. The van der Waals surface area contributed by atoms with E-state index in [9.17, 15) is 62.9 Å². The Bertz CT molecular complexity index is 3830. The van der Waals surface area contributed by atoms with Gasteiger partial charge in [-0.2, -0.15) is 0 Å². The minimum atomic E-state index is -1.74. The van der Waals surface area contributed by atoms with Crippen molar-refractivity contribution in [3.05, 3.63) is 141 Å². The summed E-state index contributed by atoms with van der Waals surface area (Å²) in [6.07, 6.45) is 0. The number of halogens is 17. The van der Waals surface area contributed by atoms with E-state index in [0.717, 1.165) is 24.3 Å². The van der Waals surface area contributed by atoms with E-state index in [1.165, 1.54) is 0 Å². The van der Waals surface area contributed by atoms with Gasteiger partial charge in [0, 0.05) is 66.3 Å². The van der Waals surface area contributed by atoms with Crippen molar-refractivity contribution in [1.82, 2.24) is 0 Å². The maximum atomic E-state index is 15.0. The van der Waals surface area contributed by atoms with Crippen molar-refractivity contribution >= 4 is 82.4 Å². The molecule has 0 aliphatic heterocycles. The van der Waals surface area contributed by atoms with E-state index in [1.54, 1.807) is 83.1 Å². The molecule has 0 saturated heterocycles. The quantitative estimate of drug-likeness (QED) is 0.0170. The SMILES string of the molecule is BrP(Br)Br.C.CCOc1c(OCC)c(-c2cc(F)c(F)c(F)c2)c(CBr)c(-c2c(CBr)c(-c3cc(F)c(F)c(F)c3)c(OCC)c(OCC)c2OCC)c1OCC.CCOc1c(OCC)c(-c2cc(F)c(F)c(F)c2)c(CO)c(-c2c(CO)c(-c3cc(F)c(F)c(F)c3)c(OCC)c(OCC)c2OCC)c1OCC. The molecule has 14 nitrogen and oxygen atoms in total. The molecule has 0 radical (unpaired) electrons. The van der Waals surface area contributed by atoms with E-state index in [0.29, 0.717) is 35.4 Å². The average Bonchev–Trinajstić information content (AvgIpc) is 0.724. The predicted molar refractivity (Wildman–Crippen MR) is 417 cm³/mol. The molecule has 0 aliphatic rings. The number of hydrogen-bond acceptors (Lipinski definition) is 14. The molecule has 0 amide bonds. The van der Waals surface area contributed by atoms with Gasteiger partial charge < -0.3 is 67.1 Å². The van der Waals surface area contributed by atoms with Crippen LogP contribution in [0, 0.1) is 69.8 Å². The summed E-state index contributed by atoms with van der Waals surface area (Å²) in [7, 11) is 0. The van der Waals surface area contributed by atoms with Crippen LogP contribution in [-0.2, 0) is 23.9 Å². The molecular weight excluding hydrogens is 1810 g/mol. The van der Waals surface area contributed by atoms with Gasteiger partial charge in [0.2, 0.25) is 23.0 Å². The summed E-state index contributed by atoms with van der Waals surface area (Å²) in [5.74, 6) is -18.8. The van der Waals surface area contributed by atoms with Crippen molar-refractivity contribution in [1.29, 1.82) is 0 Å². The molecule has 0 bridgehead atoms. The van der Waals surface area contributed by atoms with Crippen LogP contribution in [0.5, 0.6) is 69.0 Å². The molecule has 0 aromatic heterocycles. The van der Waals surface area contributed by atoms with Gasteiger partial charge in [0.15, 0.2) is 116 Å². The van der Waals surface area contributed by atoms with Crippen molar-refractivity contribution in [2.75, 3.05) is 79.3 Å². The van der Waals surface area contributed by atoms with E-state index in [2.05, 4.69) is 78.3 Å². The van der Waals surface area contributed by atoms with Gasteiger partial charge in [0.1, 0.15) is 4.03 Å². The maximum absolute atomic E-state index is 15.0. The van der Waals surface area contributed by atoms with Crippen LogP contribution in [0.3, 0.4) is 0 Å². The lowest BCUT2D eigenvalue weighted by Crippen LogP contribution is -2.13. The summed E-state index contributed by atoms with van der Waals surface area (Å²) >= 11 is 16.6. The number of rotatable bonds is 34. The van der Waals surface area contributed by atoms with Crippen LogP contribution in [0.25, 0.3) is 66.8 Å². The largest absolute Gasteiger partial charge is 0.489 e. The van der Waals surface area contributed by atoms with Crippen LogP contribution in [0.4, 0.5) is 52.7 Å².